The predicted molar refractivity (Wildman–Crippen MR) is 105 cm³/mol. The van der Waals surface area contributed by atoms with E-state index < -0.39 is 0 Å². The summed E-state index contributed by atoms with van der Waals surface area (Å²) in [5, 5.41) is 10.2. The smallest absolute Gasteiger partial charge is 0.306 e. The summed E-state index contributed by atoms with van der Waals surface area (Å²) in [4.78, 5) is 24.2. The second-order valence-electron chi connectivity index (χ2n) is 10.6. The quantitative estimate of drug-likeness (QED) is 0.551. The first-order chi connectivity index (χ1) is 13.2. The van der Waals surface area contributed by atoms with Gasteiger partial charge in [0.25, 0.3) is 0 Å². The molecule has 5 rings (SSSR count). The topological polar surface area (TPSA) is 63.6 Å². The highest BCUT2D eigenvalue weighted by Gasteiger charge is 2.68. The van der Waals surface area contributed by atoms with Crippen LogP contribution in [0.4, 0.5) is 0 Å². The third-order valence-corrected chi connectivity index (χ3v) is 9.37. The standard InChI is InChI=1S/C24H32O4/c1-14-12-24(9-6-20(27)28-24)23(3)8-5-18-17(21(14)23)10-15(13-25)19-11-16(26)4-7-22(18,19)2/h5,8,11,14-15,17-18,21,25H,4,6-7,9-10,12-13H2,1-3H3/t14?,15-,17?,18?,21?,22+,23-,24-/m0/s1. The summed E-state index contributed by atoms with van der Waals surface area (Å²) in [5.74, 6) is 2.00. The fraction of sp³-hybridized carbons (Fsp3) is 0.750. The first-order valence-corrected chi connectivity index (χ1v) is 11.0. The molecule has 1 saturated heterocycles. The van der Waals surface area contributed by atoms with Crippen LogP contribution < -0.4 is 0 Å². The van der Waals surface area contributed by atoms with E-state index in [-0.39, 0.29) is 40.7 Å². The summed E-state index contributed by atoms with van der Waals surface area (Å²) in [5.41, 5.74) is 0.628. The zero-order chi connectivity index (χ0) is 19.9. The van der Waals surface area contributed by atoms with Crippen molar-refractivity contribution >= 4 is 11.8 Å². The summed E-state index contributed by atoms with van der Waals surface area (Å²) in [7, 11) is 0. The highest BCUT2D eigenvalue weighted by molar-refractivity contribution is 5.91. The van der Waals surface area contributed by atoms with Crippen LogP contribution in [0, 0.1) is 40.4 Å². The summed E-state index contributed by atoms with van der Waals surface area (Å²) < 4.78 is 6.04. The van der Waals surface area contributed by atoms with Crippen molar-refractivity contribution in [2.24, 2.45) is 40.4 Å². The van der Waals surface area contributed by atoms with Crippen LogP contribution in [0.25, 0.3) is 0 Å². The number of ether oxygens (including phenoxy) is 1. The molecule has 0 aromatic carbocycles. The van der Waals surface area contributed by atoms with Crippen LogP contribution in [0.2, 0.25) is 0 Å². The van der Waals surface area contributed by atoms with E-state index in [1.807, 2.05) is 6.08 Å². The molecule has 4 aliphatic carbocycles. The molecule has 0 bridgehead atoms. The molecule has 0 aromatic heterocycles. The molecule has 1 spiro atoms. The zero-order valence-electron chi connectivity index (χ0n) is 17.2. The van der Waals surface area contributed by atoms with Crippen molar-refractivity contribution in [3.8, 4) is 0 Å². The number of fused-ring (bicyclic) bond motifs is 6. The Kier molecular flexibility index (Phi) is 3.86. The van der Waals surface area contributed by atoms with Gasteiger partial charge in [-0.25, -0.2) is 0 Å². The Labute approximate surface area is 167 Å². The van der Waals surface area contributed by atoms with Crippen molar-refractivity contribution in [2.45, 2.75) is 64.9 Å². The Bertz CT molecular complexity index is 796. The SMILES string of the molecule is CC1C[C@@]2(CCC(=O)O2)[C@@]2(C)C=CC3C(C[C@@H](CO)C4=CC(=O)CC[C@@]43C)C12. The largest absolute Gasteiger partial charge is 0.458 e. The van der Waals surface area contributed by atoms with Crippen molar-refractivity contribution in [3.05, 3.63) is 23.8 Å². The minimum absolute atomic E-state index is 0.0514. The molecule has 4 nitrogen and oxygen atoms in total. The number of allylic oxidation sites excluding steroid dienone is 2. The third-order valence-electron chi connectivity index (χ3n) is 9.37. The molecule has 0 amide bonds. The number of hydrogen-bond acceptors (Lipinski definition) is 4. The van der Waals surface area contributed by atoms with Gasteiger partial charge in [0.15, 0.2) is 5.78 Å². The van der Waals surface area contributed by atoms with Crippen molar-refractivity contribution in [1.29, 1.82) is 0 Å². The normalized spacial score (nSPS) is 52.1. The van der Waals surface area contributed by atoms with Gasteiger partial charge in [-0.05, 0) is 60.8 Å². The van der Waals surface area contributed by atoms with Crippen LogP contribution in [0.5, 0.6) is 0 Å². The Balaban J connectivity index is 1.61. The second-order valence-corrected chi connectivity index (χ2v) is 10.6. The van der Waals surface area contributed by atoms with E-state index in [2.05, 4.69) is 32.9 Å². The van der Waals surface area contributed by atoms with Gasteiger partial charge in [-0.15, -0.1) is 0 Å². The van der Waals surface area contributed by atoms with E-state index in [1.54, 1.807) is 0 Å². The van der Waals surface area contributed by atoms with E-state index >= 15 is 0 Å². The first-order valence-electron chi connectivity index (χ1n) is 11.0. The van der Waals surface area contributed by atoms with Gasteiger partial charge < -0.3 is 9.84 Å². The van der Waals surface area contributed by atoms with Crippen LogP contribution in [0.1, 0.15) is 59.3 Å². The molecular weight excluding hydrogens is 352 g/mol. The lowest BCUT2D eigenvalue weighted by molar-refractivity contribution is -0.157. The maximum atomic E-state index is 12.1. The van der Waals surface area contributed by atoms with Crippen LogP contribution in [0.3, 0.4) is 0 Å². The molecule has 0 aromatic rings. The second kappa shape index (κ2) is 5.81. The number of aliphatic hydroxyl groups is 1. The third kappa shape index (κ3) is 2.16. The molecule has 3 fully saturated rings. The van der Waals surface area contributed by atoms with Gasteiger partial charge in [-0.3, -0.25) is 9.59 Å². The number of carbonyl (C=O) groups excluding carboxylic acids is 2. The van der Waals surface area contributed by atoms with Crippen molar-refractivity contribution in [3.63, 3.8) is 0 Å². The Hall–Kier alpha value is -1.42. The van der Waals surface area contributed by atoms with E-state index in [1.165, 1.54) is 5.57 Å². The molecule has 4 heteroatoms. The molecule has 1 heterocycles. The number of hydrogen-bond donors (Lipinski definition) is 1. The zero-order valence-corrected chi connectivity index (χ0v) is 17.2. The van der Waals surface area contributed by atoms with Gasteiger partial charge in [-0.2, -0.15) is 0 Å². The molecule has 152 valence electrons. The number of esters is 1. The molecule has 8 atom stereocenters. The van der Waals surface area contributed by atoms with E-state index in [0.717, 1.165) is 25.7 Å². The van der Waals surface area contributed by atoms with E-state index in [0.29, 0.717) is 36.5 Å². The first kappa shape index (κ1) is 18.6. The lowest BCUT2D eigenvalue weighted by atomic mass is 9.46. The highest BCUT2D eigenvalue weighted by Crippen LogP contribution is 2.69. The fourth-order valence-corrected chi connectivity index (χ4v) is 8.20. The van der Waals surface area contributed by atoms with E-state index in [9.17, 15) is 14.7 Å². The van der Waals surface area contributed by atoms with Gasteiger partial charge in [0, 0.05) is 30.8 Å². The molecule has 1 N–H and O–H groups in total. The van der Waals surface area contributed by atoms with Crippen molar-refractivity contribution in [1.82, 2.24) is 0 Å². The van der Waals surface area contributed by atoms with Crippen LogP contribution >= 0.6 is 0 Å². The predicted octanol–water partition coefficient (Wildman–Crippen LogP) is 3.83. The molecular formula is C24H32O4. The maximum absolute atomic E-state index is 12.1. The molecule has 5 aliphatic rings. The summed E-state index contributed by atoms with van der Waals surface area (Å²) in [6.45, 7) is 7.05. The summed E-state index contributed by atoms with van der Waals surface area (Å²) >= 11 is 0. The highest BCUT2D eigenvalue weighted by atomic mass is 16.6. The van der Waals surface area contributed by atoms with Crippen LogP contribution in [-0.4, -0.2) is 29.1 Å². The van der Waals surface area contributed by atoms with Crippen LogP contribution in [-0.2, 0) is 14.3 Å². The number of ketones is 1. The lowest BCUT2D eigenvalue weighted by Gasteiger charge is -2.58. The molecule has 1 aliphatic heterocycles. The molecule has 28 heavy (non-hydrogen) atoms. The Morgan fingerprint density at radius 1 is 1.21 bits per heavy atom. The van der Waals surface area contributed by atoms with Crippen molar-refractivity contribution < 1.29 is 19.4 Å². The lowest BCUT2D eigenvalue weighted by Crippen LogP contribution is -2.54. The van der Waals surface area contributed by atoms with Gasteiger partial charge in [0.05, 0.1) is 0 Å². The number of rotatable bonds is 1. The number of aliphatic hydroxyl groups excluding tert-OH is 1. The maximum Gasteiger partial charge on any atom is 0.306 e. The molecule has 0 radical (unpaired) electrons. The Morgan fingerprint density at radius 3 is 2.68 bits per heavy atom. The summed E-state index contributed by atoms with van der Waals surface area (Å²) in [6, 6.07) is 0. The Morgan fingerprint density at radius 2 is 2.00 bits per heavy atom. The minimum Gasteiger partial charge on any atom is -0.458 e. The summed E-state index contributed by atoms with van der Waals surface area (Å²) in [6.07, 6.45) is 11.3. The van der Waals surface area contributed by atoms with Crippen LogP contribution in [0.15, 0.2) is 23.8 Å². The molecule has 4 unspecified atom stereocenters. The van der Waals surface area contributed by atoms with Gasteiger partial charge in [-0.1, -0.05) is 38.5 Å². The van der Waals surface area contributed by atoms with Gasteiger partial charge >= 0.3 is 5.97 Å². The van der Waals surface area contributed by atoms with Gasteiger partial charge in [0.2, 0.25) is 0 Å². The van der Waals surface area contributed by atoms with E-state index in [4.69, 9.17) is 4.74 Å². The average molecular weight is 385 g/mol. The minimum atomic E-state index is -0.357. The average Bonchev–Trinajstić information content (AvgIpc) is 3.13. The van der Waals surface area contributed by atoms with Crippen molar-refractivity contribution in [2.75, 3.05) is 6.61 Å². The van der Waals surface area contributed by atoms with Gasteiger partial charge in [0.1, 0.15) is 5.60 Å². The molecule has 2 saturated carbocycles. The fourth-order valence-electron chi connectivity index (χ4n) is 8.20. The monoisotopic (exact) mass is 384 g/mol. The number of carbonyl (C=O) groups is 2.